The van der Waals surface area contributed by atoms with Crippen LogP contribution in [0.4, 0.5) is 0 Å². The monoisotopic (exact) mass is 267 g/mol. The minimum atomic E-state index is 0.774. The van der Waals surface area contributed by atoms with Gasteiger partial charge in [0.25, 0.3) is 0 Å². The summed E-state index contributed by atoms with van der Waals surface area (Å²) < 4.78 is 0. The molecule has 0 aliphatic rings. The van der Waals surface area contributed by atoms with Gasteiger partial charge in [-0.3, -0.25) is 4.99 Å². The van der Waals surface area contributed by atoms with Gasteiger partial charge in [0.15, 0.2) is 5.96 Å². The Morgan fingerprint density at radius 3 is 2.67 bits per heavy atom. The molecule has 0 atom stereocenters. The number of hydrogen-bond donors (Lipinski definition) is 2. The summed E-state index contributed by atoms with van der Waals surface area (Å²) in [6.07, 6.45) is 2.45. The van der Waals surface area contributed by atoms with Crippen LogP contribution in [0, 0.1) is 12.8 Å². The predicted octanol–water partition coefficient (Wildman–Crippen LogP) is 3.16. The topological polar surface area (TPSA) is 36.4 Å². The van der Waals surface area contributed by atoms with Crippen molar-refractivity contribution < 1.29 is 0 Å². The van der Waals surface area contributed by atoms with E-state index >= 15 is 0 Å². The maximum absolute atomic E-state index is 4.23. The first-order valence-corrected chi connectivity index (χ1v) is 7.43. The lowest BCUT2D eigenvalue weighted by atomic mass is 10.1. The molecule has 0 amide bonds. The lowest BCUT2D eigenvalue weighted by Gasteiger charge is -2.11. The number of rotatable bonds is 6. The molecular formula is C14H25N3S. The second-order valence-corrected chi connectivity index (χ2v) is 6.27. The van der Waals surface area contributed by atoms with Gasteiger partial charge in [0.2, 0.25) is 0 Å². The molecule has 0 aliphatic carbocycles. The summed E-state index contributed by atoms with van der Waals surface area (Å²) in [6, 6.07) is 4.32. The standard InChI is InChI=1S/C14H25N3S/c1-11(2)6-5-9-16-14(15-4)17-10-13-8-7-12(3)18-13/h7-8,11H,5-6,9-10H2,1-4H3,(H2,15,16,17). The number of hydrogen-bond acceptors (Lipinski definition) is 2. The number of nitrogens with one attached hydrogen (secondary N) is 2. The molecule has 1 rings (SSSR count). The highest BCUT2D eigenvalue weighted by atomic mass is 32.1. The van der Waals surface area contributed by atoms with Gasteiger partial charge >= 0.3 is 0 Å². The highest BCUT2D eigenvalue weighted by Crippen LogP contribution is 2.14. The largest absolute Gasteiger partial charge is 0.356 e. The second-order valence-electron chi connectivity index (χ2n) is 4.90. The van der Waals surface area contributed by atoms with Crippen LogP contribution in [0.3, 0.4) is 0 Å². The van der Waals surface area contributed by atoms with E-state index in [0.29, 0.717) is 0 Å². The van der Waals surface area contributed by atoms with Crippen molar-refractivity contribution in [1.29, 1.82) is 0 Å². The maximum Gasteiger partial charge on any atom is 0.191 e. The minimum absolute atomic E-state index is 0.774. The molecule has 1 aromatic heterocycles. The van der Waals surface area contributed by atoms with E-state index in [0.717, 1.165) is 25.0 Å². The van der Waals surface area contributed by atoms with E-state index in [1.807, 2.05) is 18.4 Å². The Balaban J connectivity index is 2.22. The molecule has 18 heavy (non-hydrogen) atoms. The summed E-state index contributed by atoms with van der Waals surface area (Å²) in [7, 11) is 1.82. The molecule has 0 bridgehead atoms. The lowest BCUT2D eigenvalue weighted by molar-refractivity contribution is 0.549. The van der Waals surface area contributed by atoms with E-state index < -0.39 is 0 Å². The van der Waals surface area contributed by atoms with E-state index in [1.165, 1.54) is 22.6 Å². The summed E-state index contributed by atoms with van der Waals surface area (Å²) in [6.45, 7) is 8.48. The van der Waals surface area contributed by atoms with Crippen molar-refractivity contribution in [2.24, 2.45) is 10.9 Å². The zero-order valence-corrected chi connectivity index (χ0v) is 12.7. The van der Waals surface area contributed by atoms with Crippen molar-refractivity contribution in [2.45, 2.75) is 40.2 Å². The maximum atomic E-state index is 4.23. The van der Waals surface area contributed by atoms with Gasteiger partial charge in [-0.25, -0.2) is 0 Å². The highest BCUT2D eigenvalue weighted by molar-refractivity contribution is 7.11. The Labute approximate surface area is 115 Å². The van der Waals surface area contributed by atoms with E-state index in [2.05, 4.69) is 48.5 Å². The predicted molar refractivity (Wildman–Crippen MR) is 81.3 cm³/mol. The van der Waals surface area contributed by atoms with Crippen molar-refractivity contribution >= 4 is 17.3 Å². The molecule has 0 aliphatic heterocycles. The average molecular weight is 267 g/mol. The van der Waals surface area contributed by atoms with Gasteiger partial charge in [0.1, 0.15) is 0 Å². The van der Waals surface area contributed by atoms with Crippen LogP contribution >= 0.6 is 11.3 Å². The van der Waals surface area contributed by atoms with Crippen molar-refractivity contribution in [2.75, 3.05) is 13.6 Å². The first kappa shape index (κ1) is 15.0. The molecule has 4 heteroatoms. The molecule has 0 unspecified atom stereocenters. The van der Waals surface area contributed by atoms with Crippen molar-refractivity contribution in [3.63, 3.8) is 0 Å². The Kier molecular flexibility index (Phi) is 6.80. The molecule has 0 spiro atoms. The summed E-state index contributed by atoms with van der Waals surface area (Å²) in [5.74, 6) is 1.67. The normalized spacial score (nSPS) is 11.9. The smallest absolute Gasteiger partial charge is 0.191 e. The Bertz CT molecular complexity index is 369. The second kappa shape index (κ2) is 8.14. The third-order valence-corrected chi connectivity index (χ3v) is 3.70. The third kappa shape index (κ3) is 6.05. The number of nitrogens with zero attached hydrogens (tertiary/aromatic N) is 1. The molecule has 102 valence electrons. The van der Waals surface area contributed by atoms with Crippen LogP contribution in [-0.2, 0) is 6.54 Å². The van der Waals surface area contributed by atoms with Gasteiger partial charge in [0.05, 0.1) is 6.54 Å². The van der Waals surface area contributed by atoms with Crippen LogP contribution in [0.5, 0.6) is 0 Å². The molecule has 0 saturated heterocycles. The van der Waals surface area contributed by atoms with Gasteiger partial charge in [-0.1, -0.05) is 13.8 Å². The van der Waals surface area contributed by atoms with Gasteiger partial charge < -0.3 is 10.6 Å². The molecule has 3 nitrogen and oxygen atoms in total. The average Bonchev–Trinajstić information content (AvgIpc) is 2.74. The van der Waals surface area contributed by atoms with Crippen LogP contribution < -0.4 is 10.6 Å². The molecule has 0 saturated carbocycles. The number of guanidine groups is 1. The quantitative estimate of drug-likeness (QED) is 0.472. The van der Waals surface area contributed by atoms with Crippen LogP contribution in [0.1, 0.15) is 36.4 Å². The Morgan fingerprint density at radius 1 is 1.33 bits per heavy atom. The van der Waals surface area contributed by atoms with Crippen LogP contribution in [0.2, 0.25) is 0 Å². The molecule has 0 fully saturated rings. The zero-order valence-electron chi connectivity index (χ0n) is 11.9. The molecule has 0 aromatic carbocycles. The molecule has 1 aromatic rings. The van der Waals surface area contributed by atoms with Gasteiger partial charge in [-0.2, -0.15) is 0 Å². The fraction of sp³-hybridized carbons (Fsp3) is 0.643. The summed E-state index contributed by atoms with van der Waals surface area (Å²) in [5.41, 5.74) is 0. The van der Waals surface area contributed by atoms with E-state index in [1.54, 1.807) is 0 Å². The summed E-state index contributed by atoms with van der Waals surface area (Å²) in [4.78, 5) is 6.92. The van der Waals surface area contributed by atoms with E-state index in [9.17, 15) is 0 Å². The number of aryl methyl sites for hydroxylation is 1. The molecule has 2 N–H and O–H groups in total. The highest BCUT2D eigenvalue weighted by Gasteiger charge is 2.00. The lowest BCUT2D eigenvalue weighted by Crippen LogP contribution is -2.37. The van der Waals surface area contributed by atoms with Crippen LogP contribution in [-0.4, -0.2) is 19.6 Å². The number of aliphatic imine (C=N–C) groups is 1. The summed E-state index contributed by atoms with van der Waals surface area (Å²) >= 11 is 1.83. The third-order valence-electron chi connectivity index (χ3n) is 2.70. The van der Waals surface area contributed by atoms with Gasteiger partial charge in [0, 0.05) is 23.3 Å². The van der Waals surface area contributed by atoms with Crippen molar-refractivity contribution in [3.05, 3.63) is 21.9 Å². The van der Waals surface area contributed by atoms with Gasteiger partial charge in [-0.05, 0) is 37.8 Å². The van der Waals surface area contributed by atoms with Crippen molar-refractivity contribution in [3.8, 4) is 0 Å². The van der Waals surface area contributed by atoms with E-state index in [-0.39, 0.29) is 0 Å². The fourth-order valence-corrected chi connectivity index (χ4v) is 2.52. The Morgan fingerprint density at radius 2 is 2.11 bits per heavy atom. The van der Waals surface area contributed by atoms with Crippen LogP contribution in [0.25, 0.3) is 0 Å². The molecular weight excluding hydrogens is 242 g/mol. The SMILES string of the molecule is CN=C(NCCCC(C)C)NCc1ccc(C)s1. The zero-order chi connectivity index (χ0) is 13.4. The van der Waals surface area contributed by atoms with Gasteiger partial charge in [-0.15, -0.1) is 11.3 Å². The van der Waals surface area contributed by atoms with Crippen molar-refractivity contribution in [1.82, 2.24) is 10.6 Å². The molecule has 0 radical (unpaired) electrons. The van der Waals surface area contributed by atoms with E-state index in [4.69, 9.17) is 0 Å². The fourth-order valence-electron chi connectivity index (χ4n) is 1.69. The first-order chi connectivity index (χ1) is 8.61. The van der Waals surface area contributed by atoms with Crippen LogP contribution in [0.15, 0.2) is 17.1 Å². The summed E-state index contributed by atoms with van der Waals surface area (Å²) in [5, 5.41) is 6.68. The Hall–Kier alpha value is -1.03. The minimum Gasteiger partial charge on any atom is -0.356 e. The number of thiophene rings is 1. The first-order valence-electron chi connectivity index (χ1n) is 6.61. The molecule has 1 heterocycles.